The third-order valence-electron chi connectivity index (χ3n) is 10.4. The normalized spacial score (nSPS) is 14.5. The zero-order valence-electron chi connectivity index (χ0n) is 41.0. The number of allylic oxidation sites excluding steroid dienone is 12. The Labute approximate surface area is 456 Å². The molecular weight excluding hydrogens is 1120 g/mol. The minimum Gasteiger partial charge on any atom is -1.00 e. The summed E-state index contributed by atoms with van der Waals surface area (Å²) in [5.74, 6) is 0. The van der Waals surface area contributed by atoms with E-state index in [1.54, 1.807) is 48.6 Å². The molecule has 28 nitrogen and oxygen atoms in total. The van der Waals surface area contributed by atoms with E-state index in [1.165, 1.54) is 97.1 Å². The van der Waals surface area contributed by atoms with Crippen molar-refractivity contribution in [2.75, 3.05) is 0 Å². The number of aliphatic imine (C=N–C) groups is 4. The summed E-state index contributed by atoms with van der Waals surface area (Å²) < 4.78 is 135. The van der Waals surface area contributed by atoms with Crippen LogP contribution in [0.4, 0.5) is 0 Å². The fraction of sp³-hybridized carbons (Fsp3) is 0. The van der Waals surface area contributed by atoms with Gasteiger partial charge in [0.1, 0.15) is 0 Å². The molecule has 9 rings (SSSR count). The van der Waals surface area contributed by atoms with E-state index < -0.39 is 40.5 Å². The number of hydrogen-bond donors (Lipinski definition) is 4. The first-order valence-corrected chi connectivity index (χ1v) is 24.4. The van der Waals surface area contributed by atoms with Crippen LogP contribution in [0.5, 0.6) is 0 Å². The minimum atomic E-state index is -4.56. The van der Waals surface area contributed by atoms with Crippen LogP contribution in [0.2, 0.25) is 0 Å². The monoisotopic (exact) mass is 1170 g/mol. The van der Waals surface area contributed by atoms with Crippen molar-refractivity contribution in [3.8, 4) is 0 Å². The Balaban J connectivity index is -0.000000691. The van der Waals surface area contributed by atoms with Crippen molar-refractivity contribution in [1.29, 1.82) is 0 Å². The van der Waals surface area contributed by atoms with Crippen molar-refractivity contribution in [3.63, 3.8) is 0 Å². The molecule has 77 heavy (non-hydrogen) atoms. The molecule has 5 aliphatic rings. The van der Waals surface area contributed by atoms with Crippen LogP contribution in [0, 0.1) is 0 Å². The summed E-state index contributed by atoms with van der Waals surface area (Å²) in [7, 11) is -18.2. The van der Waals surface area contributed by atoms with Crippen LogP contribution in [0.25, 0.3) is 22.3 Å². The van der Waals surface area contributed by atoms with Gasteiger partial charge in [-0.05, 0) is 119 Å². The van der Waals surface area contributed by atoms with E-state index in [4.69, 9.17) is 20.0 Å². The molecule has 4 aromatic rings. The average molecular weight is 1180 g/mol. The number of rotatable bonds is 8. The zero-order chi connectivity index (χ0) is 45.3. The molecule has 0 aliphatic carbocycles. The second kappa shape index (κ2) is 29.2. The Bertz CT molecular complexity index is 3190. The third-order valence-corrected chi connectivity index (χ3v) is 13.8. The average Bonchev–Trinajstić information content (AvgIpc) is 4.08. The molecule has 420 valence electrons. The molecule has 4 aromatic carbocycles. The maximum Gasteiger partial charge on any atom is 2.00 e. The molecule has 0 aromatic heterocycles. The van der Waals surface area contributed by atoms with Crippen molar-refractivity contribution < 1.29 is 120 Å². The predicted octanol–water partition coefficient (Wildman–Crippen LogP) is -3.38. The molecule has 5 aliphatic heterocycles. The van der Waals surface area contributed by atoms with Crippen LogP contribution >= 0.6 is 0 Å². The Morgan fingerprint density at radius 1 is 0.260 bits per heavy atom. The van der Waals surface area contributed by atoms with Gasteiger partial charge in [0.15, 0.2) is 0 Å². The van der Waals surface area contributed by atoms with E-state index in [2.05, 4.69) is 0 Å². The largest absolute Gasteiger partial charge is 2.00 e. The Morgan fingerprint density at radius 2 is 0.403 bits per heavy atom. The molecular formula is C44H54MgN4O24S4. The smallest absolute Gasteiger partial charge is 1.00 e. The van der Waals surface area contributed by atoms with Gasteiger partial charge in [0, 0.05) is 22.3 Å². The molecule has 0 saturated heterocycles. The molecule has 33 heteroatoms. The molecule has 5 heterocycles. The number of hydrogen-bond acceptors (Lipinski definition) is 12. The van der Waals surface area contributed by atoms with Gasteiger partial charge in [-0.25, -0.2) is 20.0 Å². The molecule has 0 spiro atoms. The summed E-state index contributed by atoms with van der Waals surface area (Å²) in [6, 6.07) is 21.6. The molecule has 0 amide bonds. The fourth-order valence-electron chi connectivity index (χ4n) is 7.44. The minimum absolute atomic E-state index is 0. The van der Waals surface area contributed by atoms with E-state index >= 15 is 0 Å². The van der Waals surface area contributed by atoms with Crippen LogP contribution in [0.3, 0.4) is 0 Å². The quantitative estimate of drug-likeness (QED) is 0.0993. The van der Waals surface area contributed by atoms with Gasteiger partial charge in [-0.3, -0.25) is 18.2 Å². The molecule has 0 radical (unpaired) electrons. The molecule has 28 N–H and O–H groups in total. The van der Waals surface area contributed by atoms with Crippen LogP contribution in [-0.4, -0.2) is 163 Å². The number of fused-ring (bicyclic) bond motifs is 4. The van der Waals surface area contributed by atoms with Crippen LogP contribution in [0.15, 0.2) is 208 Å². The van der Waals surface area contributed by atoms with Gasteiger partial charge < -0.3 is 68.6 Å². The first-order valence-electron chi connectivity index (χ1n) is 18.6. The van der Waals surface area contributed by atoms with Crippen molar-refractivity contribution in [1.82, 2.24) is 0 Å². The summed E-state index contributed by atoms with van der Waals surface area (Å²) in [6.07, 6.45) is 13.6. The SMILES string of the molecule is O.O.O.O.O.O.O.O.O.O.O.O.O=S(=O)(O)c1ccc(C2=C3C=CC(=N3)C(c3ccc(S(=O)(=O)O)cc3)=C3C=CC(=N3)C(c3ccc(S(=O)(=O)O)cc3)=C3C=CC(=N3)C(c3ccc(S(=O)(=O)O)cc3)=C3C=CC2=N3)cc1.[H-].[H-].[Mg+2]. The van der Waals surface area contributed by atoms with Crippen molar-refractivity contribution in [3.05, 3.63) is 191 Å². The van der Waals surface area contributed by atoms with Crippen molar-refractivity contribution >= 4 is 109 Å². The first kappa shape index (κ1) is 79.3. The maximum absolute atomic E-state index is 12.0. The van der Waals surface area contributed by atoms with E-state index in [0.29, 0.717) is 90.2 Å². The van der Waals surface area contributed by atoms with Gasteiger partial charge in [-0.2, -0.15) is 33.7 Å². The molecule has 8 bridgehead atoms. The number of nitrogens with zero attached hydrogens (tertiary/aromatic N) is 4. The molecule has 0 fully saturated rings. The Morgan fingerprint density at radius 3 is 0.532 bits per heavy atom. The van der Waals surface area contributed by atoms with Gasteiger partial charge >= 0.3 is 23.1 Å². The molecule has 0 unspecified atom stereocenters. The molecule has 0 saturated carbocycles. The number of benzene rings is 4. The van der Waals surface area contributed by atoms with Gasteiger partial charge in [-0.1, -0.05) is 48.5 Å². The zero-order valence-corrected chi connectivity index (χ0v) is 43.7. The predicted molar refractivity (Wildman–Crippen MR) is 290 cm³/mol. The third kappa shape index (κ3) is 15.8. The van der Waals surface area contributed by atoms with E-state index in [1.807, 2.05) is 0 Å². The van der Waals surface area contributed by atoms with Gasteiger partial charge in [-0.15, -0.1) is 0 Å². The van der Waals surface area contributed by atoms with Crippen LogP contribution in [-0.2, 0) is 40.5 Å². The summed E-state index contributed by atoms with van der Waals surface area (Å²) in [5, 5.41) is 0. The second-order valence-corrected chi connectivity index (χ2v) is 20.0. The van der Waals surface area contributed by atoms with E-state index in [-0.39, 0.29) is 111 Å². The van der Waals surface area contributed by atoms with Crippen LogP contribution < -0.4 is 0 Å². The van der Waals surface area contributed by atoms with Crippen molar-refractivity contribution in [2.24, 2.45) is 20.0 Å². The summed E-state index contributed by atoms with van der Waals surface area (Å²) in [5.41, 5.74) is 6.28. The fourth-order valence-corrected chi connectivity index (χ4v) is 9.36. The summed E-state index contributed by atoms with van der Waals surface area (Å²) in [4.78, 5) is 18.7. The van der Waals surface area contributed by atoms with Crippen molar-refractivity contribution in [2.45, 2.75) is 19.6 Å². The van der Waals surface area contributed by atoms with Gasteiger partial charge in [0.05, 0.1) is 65.2 Å². The van der Waals surface area contributed by atoms with Gasteiger partial charge in [0.2, 0.25) is 0 Å². The molecule has 0 atom stereocenters. The van der Waals surface area contributed by atoms with E-state index in [0.717, 1.165) is 0 Å². The van der Waals surface area contributed by atoms with Crippen LogP contribution in [0.1, 0.15) is 25.1 Å². The standard InChI is InChI=1S/C44H28N4O12S4.Mg.12H2O.2H/c49-61(50,51)29-9-1-25(2-10-29)41-33-17-19-35(45-33)42(26-3-11-30(12-4-26)62(52,53)54)37-21-23-39(47-37)44(28-7-15-32(16-8-28)64(58,59)60)40-24-22-38(48-40)43(36-20-18-34(41)46-36)27-5-13-31(14-6-27)63(55,56)57;;;;;;;;;;;;;;;/h1-24H,(H,49,50,51)(H,52,53,54)(H,55,56,57)(H,58,59,60);;12*1H2;;/q;+2;;;;;;;;;;;;;2*-1. The topological polar surface area (TPSA) is 645 Å². The summed E-state index contributed by atoms with van der Waals surface area (Å²) in [6.45, 7) is 0. The van der Waals surface area contributed by atoms with Gasteiger partial charge in [0.25, 0.3) is 40.5 Å². The second-order valence-electron chi connectivity index (χ2n) is 14.4. The summed E-state index contributed by atoms with van der Waals surface area (Å²) >= 11 is 0. The Kier molecular flexibility index (Phi) is 30.1. The van der Waals surface area contributed by atoms with E-state index in [9.17, 15) is 51.9 Å². The Hall–Kier alpha value is -6.59. The maximum atomic E-state index is 12.0. The first-order chi connectivity index (χ1) is 30.2.